The van der Waals surface area contributed by atoms with Crippen molar-refractivity contribution in [2.75, 3.05) is 13.7 Å². The molecule has 0 radical (unpaired) electrons. The van der Waals surface area contributed by atoms with Crippen molar-refractivity contribution in [1.82, 2.24) is 0 Å². The molecule has 0 spiro atoms. The maximum absolute atomic E-state index is 12.7. The van der Waals surface area contributed by atoms with Crippen LogP contribution >= 0.6 is 0 Å². The van der Waals surface area contributed by atoms with Gasteiger partial charge in [-0.1, -0.05) is 33.8 Å². The number of hydrogen-bond donors (Lipinski definition) is 1. The Hall–Kier alpha value is -3.34. The van der Waals surface area contributed by atoms with E-state index >= 15 is 0 Å². The van der Waals surface area contributed by atoms with Crippen LogP contribution in [0.5, 0.6) is 11.5 Å². The number of carbonyl (C=O) groups excluding carboxylic acids is 4. The first-order chi connectivity index (χ1) is 19.0. The molecule has 0 bridgehead atoms. The first-order valence-electron chi connectivity index (χ1n) is 13.9. The van der Waals surface area contributed by atoms with Gasteiger partial charge in [0.2, 0.25) is 0 Å². The Morgan fingerprint density at radius 2 is 1.41 bits per heavy atom. The monoisotopic (exact) mass is 581 g/mol. The van der Waals surface area contributed by atoms with Gasteiger partial charge in [0.05, 0.1) is 13.7 Å². The Kier molecular flexibility index (Phi) is 13.6. The summed E-state index contributed by atoms with van der Waals surface area (Å²) < 4.78 is 31.7. The lowest BCUT2D eigenvalue weighted by atomic mass is 9.88. The molecular weight excluding hydrogens is 534 g/mol. The topological polar surface area (TPSA) is 150 Å². The van der Waals surface area contributed by atoms with Crippen LogP contribution in [-0.4, -0.2) is 54.7 Å². The van der Waals surface area contributed by atoms with E-state index in [1.54, 1.807) is 33.8 Å². The average molecular weight is 582 g/mol. The van der Waals surface area contributed by atoms with E-state index in [-0.39, 0.29) is 43.3 Å². The molecule has 0 aliphatic rings. The minimum atomic E-state index is -1.57. The summed E-state index contributed by atoms with van der Waals surface area (Å²) in [6.45, 7) is 14.5. The zero-order valence-electron chi connectivity index (χ0n) is 25.9. The molecule has 0 amide bonds. The van der Waals surface area contributed by atoms with Gasteiger partial charge in [0, 0.05) is 19.3 Å². The maximum atomic E-state index is 12.7. The van der Waals surface area contributed by atoms with Crippen LogP contribution < -0.4 is 15.2 Å². The van der Waals surface area contributed by atoms with Gasteiger partial charge in [0.25, 0.3) is 0 Å². The molecule has 1 aromatic carbocycles. The molecule has 0 unspecified atom stereocenters. The van der Waals surface area contributed by atoms with Gasteiger partial charge >= 0.3 is 24.2 Å². The third-order valence-electron chi connectivity index (χ3n) is 6.67. The second-order valence-corrected chi connectivity index (χ2v) is 11.6. The number of hydrogen-bond acceptors (Lipinski definition) is 11. The molecule has 11 heteroatoms. The molecule has 1 aromatic rings. The third-order valence-corrected chi connectivity index (χ3v) is 6.67. The summed E-state index contributed by atoms with van der Waals surface area (Å²) in [4.78, 5) is 49.8. The quantitative estimate of drug-likeness (QED) is 0.150. The van der Waals surface area contributed by atoms with Crippen molar-refractivity contribution in [1.29, 1.82) is 0 Å². The minimum Gasteiger partial charge on any atom is -0.468 e. The van der Waals surface area contributed by atoms with E-state index in [1.807, 2.05) is 27.7 Å². The molecule has 232 valence electrons. The molecular formula is C30H47NO10. The lowest BCUT2D eigenvalue weighted by Crippen LogP contribution is -2.51. The van der Waals surface area contributed by atoms with Gasteiger partial charge in [-0.2, -0.15) is 0 Å². The highest BCUT2D eigenvalue weighted by atomic mass is 16.8. The fraction of sp³-hybridized carbons (Fsp3) is 0.667. The molecule has 0 saturated heterocycles. The molecule has 2 N–H and O–H groups in total. The standard InChI is InChI=1S/C30H47NO10/c1-10-28(5,6)40-26(34)38-22-14-13-21(18-23(22)39-27(35)41-29(7,8)11-2)19-30(31,25(33)36-9)16-17-37-24(32)15-12-20(3)4/h13-14,18,20H,10-12,15-17,19,31H2,1-9H3/t30-/m1/s1. The lowest BCUT2D eigenvalue weighted by molar-refractivity contribution is -0.151. The molecule has 0 aliphatic heterocycles. The Bertz CT molecular complexity index is 1050. The van der Waals surface area contributed by atoms with Gasteiger partial charge in [-0.3, -0.25) is 9.59 Å². The molecule has 0 aliphatic carbocycles. The van der Waals surface area contributed by atoms with Crippen LogP contribution in [0.1, 0.15) is 93.1 Å². The summed E-state index contributed by atoms with van der Waals surface area (Å²) in [6, 6.07) is 4.36. The molecule has 0 saturated carbocycles. The van der Waals surface area contributed by atoms with Crippen molar-refractivity contribution in [3.05, 3.63) is 23.8 Å². The van der Waals surface area contributed by atoms with Gasteiger partial charge in [-0.25, -0.2) is 9.59 Å². The molecule has 0 fully saturated rings. The van der Waals surface area contributed by atoms with Crippen molar-refractivity contribution >= 4 is 24.2 Å². The fourth-order valence-corrected chi connectivity index (χ4v) is 3.30. The van der Waals surface area contributed by atoms with Gasteiger partial charge in [0.15, 0.2) is 11.5 Å². The van der Waals surface area contributed by atoms with Crippen LogP contribution in [-0.2, 0) is 35.0 Å². The first kappa shape index (κ1) is 35.7. The Morgan fingerprint density at radius 1 is 0.878 bits per heavy atom. The highest BCUT2D eigenvalue weighted by Gasteiger charge is 2.36. The van der Waals surface area contributed by atoms with Crippen LogP contribution in [0.3, 0.4) is 0 Å². The van der Waals surface area contributed by atoms with Gasteiger partial charge in [-0.05, 0) is 70.6 Å². The highest BCUT2D eigenvalue weighted by Crippen LogP contribution is 2.32. The predicted octanol–water partition coefficient (Wildman–Crippen LogP) is 5.88. The zero-order valence-corrected chi connectivity index (χ0v) is 25.9. The summed E-state index contributed by atoms with van der Waals surface area (Å²) in [7, 11) is 1.21. The summed E-state index contributed by atoms with van der Waals surface area (Å²) in [5, 5.41) is 0. The minimum absolute atomic E-state index is 0.0211. The molecule has 1 rings (SSSR count). The number of nitrogens with two attached hydrogens (primary N) is 1. The molecule has 41 heavy (non-hydrogen) atoms. The fourth-order valence-electron chi connectivity index (χ4n) is 3.30. The SMILES string of the molecule is CCC(C)(C)OC(=O)Oc1ccc(C[C@](N)(CCOC(=O)CCC(C)C)C(=O)OC)cc1OC(=O)OC(C)(C)CC. The molecule has 0 aromatic heterocycles. The molecule has 11 nitrogen and oxygen atoms in total. The van der Waals surface area contributed by atoms with Crippen molar-refractivity contribution in [2.45, 2.75) is 111 Å². The van der Waals surface area contributed by atoms with Crippen molar-refractivity contribution in [3.63, 3.8) is 0 Å². The Morgan fingerprint density at radius 3 is 1.90 bits per heavy atom. The largest absolute Gasteiger partial charge is 0.514 e. The lowest BCUT2D eigenvalue weighted by Gasteiger charge is -2.27. The van der Waals surface area contributed by atoms with E-state index in [0.29, 0.717) is 30.7 Å². The van der Waals surface area contributed by atoms with Crippen LogP contribution in [0.2, 0.25) is 0 Å². The van der Waals surface area contributed by atoms with Crippen LogP contribution in [0, 0.1) is 5.92 Å². The number of esters is 2. The van der Waals surface area contributed by atoms with Crippen LogP contribution in [0.25, 0.3) is 0 Å². The number of benzene rings is 1. The summed E-state index contributed by atoms with van der Waals surface area (Å²) in [5.74, 6) is -0.989. The Labute approximate surface area is 243 Å². The number of methoxy groups -OCH3 is 1. The smallest absolute Gasteiger partial charge is 0.468 e. The van der Waals surface area contributed by atoms with E-state index in [9.17, 15) is 19.2 Å². The van der Waals surface area contributed by atoms with E-state index in [2.05, 4.69) is 0 Å². The second-order valence-electron chi connectivity index (χ2n) is 11.6. The predicted molar refractivity (Wildman–Crippen MR) is 152 cm³/mol. The Balaban J connectivity index is 3.23. The summed E-state index contributed by atoms with van der Waals surface area (Å²) >= 11 is 0. The number of rotatable bonds is 15. The van der Waals surface area contributed by atoms with E-state index < -0.39 is 35.0 Å². The van der Waals surface area contributed by atoms with Crippen molar-refractivity contribution < 1.29 is 47.6 Å². The molecule has 1 atom stereocenters. The summed E-state index contributed by atoms with van der Waals surface area (Å²) in [5.41, 5.74) is 3.75. The van der Waals surface area contributed by atoms with E-state index in [4.69, 9.17) is 34.2 Å². The normalized spacial score (nSPS) is 13.1. The van der Waals surface area contributed by atoms with Crippen molar-refractivity contribution in [2.24, 2.45) is 11.7 Å². The molecule has 0 heterocycles. The highest BCUT2D eigenvalue weighted by molar-refractivity contribution is 5.81. The van der Waals surface area contributed by atoms with Gasteiger partial charge in [-0.15, -0.1) is 0 Å². The second kappa shape index (κ2) is 15.6. The van der Waals surface area contributed by atoms with E-state index in [0.717, 1.165) is 0 Å². The van der Waals surface area contributed by atoms with E-state index in [1.165, 1.54) is 19.2 Å². The number of ether oxygens (including phenoxy) is 6. The zero-order chi connectivity index (χ0) is 31.4. The summed E-state index contributed by atoms with van der Waals surface area (Å²) in [6.07, 6.45) is -0.0706. The van der Waals surface area contributed by atoms with Crippen LogP contribution in [0.15, 0.2) is 18.2 Å². The number of carbonyl (C=O) groups is 4. The van der Waals surface area contributed by atoms with Gasteiger partial charge < -0.3 is 34.2 Å². The van der Waals surface area contributed by atoms with Gasteiger partial charge in [0.1, 0.15) is 16.7 Å². The van der Waals surface area contributed by atoms with Crippen molar-refractivity contribution in [3.8, 4) is 11.5 Å². The average Bonchev–Trinajstić information content (AvgIpc) is 2.87. The van der Waals surface area contributed by atoms with Crippen LogP contribution in [0.4, 0.5) is 9.59 Å². The third kappa shape index (κ3) is 12.8. The maximum Gasteiger partial charge on any atom is 0.514 e. The first-order valence-corrected chi connectivity index (χ1v) is 13.9.